The minimum absolute atomic E-state index is 0.366. The molecular formula is C28H22IO4P. The van der Waals surface area contributed by atoms with Gasteiger partial charge in [0.1, 0.15) is 0 Å². The van der Waals surface area contributed by atoms with Crippen LogP contribution in [0.3, 0.4) is 0 Å². The van der Waals surface area contributed by atoms with Crippen LogP contribution in [0.1, 0.15) is 10.4 Å². The molecule has 1 aliphatic rings. The molecule has 5 rings (SSSR count). The van der Waals surface area contributed by atoms with Crippen molar-refractivity contribution in [1.29, 1.82) is 0 Å². The molecule has 0 aromatic heterocycles. The molecule has 34 heavy (non-hydrogen) atoms. The van der Waals surface area contributed by atoms with Gasteiger partial charge in [-0.15, -0.1) is 0 Å². The van der Waals surface area contributed by atoms with E-state index in [9.17, 15) is 9.59 Å². The first-order valence-corrected chi connectivity index (χ1v) is 15.5. The SMILES string of the molecule is COC(=O)C(I1OC(=O)c2ccccc21)=P(c1ccccc1)(c1ccccc1)c1ccccc1. The Bertz CT molecular complexity index is 1300. The number of methoxy groups -OCH3 is 1. The minimum atomic E-state index is -2.96. The third-order valence-corrected chi connectivity index (χ3v) is 17.1. The molecule has 0 N–H and O–H groups in total. The molecule has 0 aliphatic carbocycles. The Morgan fingerprint density at radius 3 is 1.62 bits per heavy atom. The van der Waals surface area contributed by atoms with Gasteiger partial charge in [0.05, 0.1) is 0 Å². The van der Waals surface area contributed by atoms with Crippen LogP contribution in [0.15, 0.2) is 115 Å². The fraction of sp³-hybridized carbons (Fsp3) is 0.0357. The van der Waals surface area contributed by atoms with E-state index in [2.05, 4.69) is 36.4 Å². The second-order valence-corrected chi connectivity index (χ2v) is 15.8. The van der Waals surface area contributed by atoms with Gasteiger partial charge in [0.2, 0.25) is 0 Å². The number of benzene rings is 4. The molecule has 4 nitrogen and oxygen atoms in total. The molecule has 0 fully saturated rings. The predicted molar refractivity (Wildman–Crippen MR) is 147 cm³/mol. The molecule has 0 spiro atoms. The molecule has 170 valence electrons. The van der Waals surface area contributed by atoms with Crippen LogP contribution < -0.4 is 15.9 Å². The van der Waals surface area contributed by atoms with Gasteiger partial charge in [0.15, 0.2) is 0 Å². The van der Waals surface area contributed by atoms with Gasteiger partial charge in [0.25, 0.3) is 0 Å². The van der Waals surface area contributed by atoms with E-state index in [1.807, 2.05) is 72.8 Å². The molecule has 0 saturated heterocycles. The summed E-state index contributed by atoms with van der Waals surface area (Å²) in [4.78, 5) is 26.7. The number of fused-ring (bicyclic) bond motifs is 1. The predicted octanol–water partition coefficient (Wildman–Crippen LogP) is 4.75. The average molecular weight is 580 g/mol. The van der Waals surface area contributed by atoms with E-state index in [0.717, 1.165) is 19.5 Å². The first kappa shape index (κ1) is 22.6. The summed E-state index contributed by atoms with van der Waals surface area (Å²) >= 11 is -2.96. The fourth-order valence-electron chi connectivity index (χ4n) is 4.21. The van der Waals surface area contributed by atoms with Gasteiger partial charge in [0, 0.05) is 0 Å². The number of carbonyl (C=O) groups excluding carboxylic acids is 2. The zero-order chi connectivity index (χ0) is 23.5. The van der Waals surface area contributed by atoms with Crippen LogP contribution in [-0.4, -0.2) is 22.3 Å². The Morgan fingerprint density at radius 1 is 0.706 bits per heavy atom. The molecule has 6 heteroatoms. The van der Waals surface area contributed by atoms with Crippen molar-refractivity contribution in [2.75, 3.05) is 7.11 Å². The number of halogens is 1. The number of ether oxygens (including phenoxy) is 1. The summed E-state index contributed by atoms with van der Waals surface area (Å²) in [7, 11) is 1.40. The maximum absolute atomic E-state index is 13.8. The molecule has 0 bridgehead atoms. The molecule has 4 aromatic rings. The summed E-state index contributed by atoms with van der Waals surface area (Å²) < 4.78 is 13.0. The van der Waals surface area contributed by atoms with Crippen molar-refractivity contribution in [3.05, 3.63) is 124 Å². The monoisotopic (exact) mass is 580 g/mol. The van der Waals surface area contributed by atoms with Crippen LogP contribution in [0, 0.1) is 3.57 Å². The maximum atomic E-state index is 13.8. The van der Waals surface area contributed by atoms with Crippen molar-refractivity contribution < 1.29 is 17.4 Å². The number of rotatable bonds is 5. The normalized spacial score (nSPS) is 13.7. The number of hydrogen-bond donors (Lipinski definition) is 0. The molecule has 0 saturated carbocycles. The quantitative estimate of drug-likeness (QED) is 0.195. The average Bonchev–Trinajstić information content (AvgIpc) is 3.24. The molecule has 1 heterocycles. The van der Waals surface area contributed by atoms with Crippen molar-refractivity contribution >= 4 is 58.3 Å². The van der Waals surface area contributed by atoms with Crippen LogP contribution in [0.5, 0.6) is 0 Å². The summed E-state index contributed by atoms with van der Waals surface area (Å²) in [5.74, 6) is -0.783. The van der Waals surface area contributed by atoms with Crippen LogP contribution in [0.4, 0.5) is 0 Å². The van der Waals surface area contributed by atoms with Gasteiger partial charge in [-0.05, 0) is 0 Å². The fourth-order valence-corrected chi connectivity index (χ4v) is 17.3. The van der Waals surface area contributed by atoms with Crippen LogP contribution in [0.2, 0.25) is 0 Å². The first-order chi connectivity index (χ1) is 16.7. The summed E-state index contributed by atoms with van der Waals surface area (Å²) in [6.07, 6.45) is 0. The molecule has 0 radical (unpaired) electrons. The molecule has 0 unspecified atom stereocenters. The third-order valence-electron chi connectivity index (χ3n) is 5.67. The van der Waals surface area contributed by atoms with Gasteiger partial charge in [-0.25, -0.2) is 0 Å². The van der Waals surface area contributed by atoms with Crippen molar-refractivity contribution in [2.24, 2.45) is 0 Å². The Morgan fingerprint density at radius 2 is 1.15 bits per heavy atom. The molecule has 0 atom stereocenters. The Labute approximate surface area is 206 Å². The summed E-state index contributed by atoms with van der Waals surface area (Å²) in [5.41, 5.74) is 0.543. The van der Waals surface area contributed by atoms with E-state index in [1.54, 1.807) is 6.07 Å². The Kier molecular flexibility index (Phi) is 6.40. The van der Waals surface area contributed by atoms with Gasteiger partial charge in [-0.2, -0.15) is 0 Å². The molecular weight excluding hydrogens is 558 g/mol. The van der Waals surface area contributed by atoms with Crippen LogP contribution in [0.25, 0.3) is 0 Å². The van der Waals surface area contributed by atoms with Crippen molar-refractivity contribution in [2.45, 2.75) is 0 Å². The van der Waals surface area contributed by atoms with E-state index in [0.29, 0.717) is 8.86 Å². The molecule has 0 amide bonds. The van der Waals surface area contributed by atoms with E-state index >= 15 is 0 Å². The van der Waals surface area contributed by atoms with E-state index in [1.165, 1.54) is 7.11 Å². The van der Waals surface area contributed by atoms with Gasteiger partial charge in [-0.3, -0.25) is 0 Å². The van der Waals surface area contributed by atoms with Crippen LogP contribution in [-0.2, 0) is 12.6 Å². The zero-order valence-electron chi connectivity index (χ0n) is 18.4. The van der Waals surface area contributed by atoms with Crippen molar-refractivity contribution in [3.63, 3.8) is 0 Å². The van der Waals surface area contributed by atoms with E-state index in [4.69, 9.17) is 7.80 Å². The van der Waals surface area contributed by atoms with Gasteiger partial charge >= 0.3 is 207 Å². The number of esters is 1. The van der Waals surface area contributed by atoms with E-state index in [-0.39, 0.29) is 5.97 Å². The summed E-state index contributed by atoms with van der Waals surface area (Å²) in [6.45, 7) is -2.73. The Balaban J connectivity index is 2.02. The summed E-state index contributed by atoms with van der Waals surface area (Å²) in [5, 5.41) is 3.06. The van der Waals surface area contributed by atoms with Crippen LogP contribution >= 0.6 is 27.1 Å². The first-order valence-electron chi connectivity index (χ1n) is 10.7. The van der Waals surface area contributed by atoms with Crippen molar-refractivity contribution in [1.82, 2.24) is 0 Å². The standard InChI is InChI=1S/C28H22IO4P/c1-32-28(31)26(29-25-20-12-11-19-24(25)27(30)33-29)34(21-13-5-2-6-14-21,22-15-7-3-8-16-22)23-17-9-4-10-18-23/h2-20H,1H3. The third kappa shape index (κ3) is 3.69. The second-order valence-electron chi connectivity index (χ2n) is 7.55. The molecule has 1 aliphatic heterocycles. The van der Waals surface area contributed by atoms with Crippen molar-refractivity contribution in [3.8, 4) is 0 Å². The van der Waals surface area contributed by atoms with Gasteiger partial charge < -0.3 is 0 Å². The number of carbonyl (C=O) groups is 2. The topological polar surface area (TPSA) is 52.6 Å². The number of hydrogen-bond acceptors (Lipinski definition) is 4. The summed E-state index contributed by atoms with van der Waals surface area (Å²) in [6, 6.07) is 37.7. The second kappa shape index (κ2) is 9.61. The molecule has 4 aromatic carbocycles. The Hall–Kier alpha value is -3.15. The van der Waals surface area contributed by atoms with E-state index < -0.39 is 33.1 Å². The zero-order valence-corrected chi connectivity index (χ0v) is 21.5. The van der Waals surface area contributed by atoms with Gasteiger partial charge in [-0.1, -0.05) is 0 Å².